The van der Waals surface area contributed by atoms with Gasteiger partial charge in [-0.1, -0.05) is 6.42 Å². The SMILES string of the molecule is Nc1cc(N)cc(C(=O)OCC2CCC2)c1. The Morgan fingerprint density at radius 1 is 1.25 bits per heavy atom. The Hall–Kier alpha value is -1.71. The second kappa shape index (κ2) is 4.43. The first-order valence-corrected chi connectivity index (χ1v) is 5.48. The van der Waals surface area contributed by atoms with Crippen LogP contribution in [0.3, 0.4) is 0 Å². The van der Waals surface area contributed by atoms with Crippen molar-refractivity contribution in [2.75, 3.05) is 18.1 Å². The zero-order valence-corrected chi connectivity index (χ0v) is 9.11. The highest BCUT2D eigenvalue weighted by atomic mass is 16.5. The number of hydrogen-bond acceptors (Lipinski definition) is 4. The van der Waals surface area contributed by atoms with Gasteiger partial charge in [-0.3, -0.25) is 0 Å². The lowest BCUT2D eigenvalue weighted by Crippen LogP contribution is -2.20. The molecule has 1 aromatic rings. The molecule has 4 heteroatoms. The monoisotopic (exact) mass is 220 g/mol. The average Bonchev–Trinajstić information content (AvgIpc) is 2.13. The van der Waals surface area contributed by atoms with E-state index in [0.29, 0.717) is 29.5 Å². The van der Waals surface area contributed by atoms with Crippen LogP contribution in [-0.4, -0.2) is 12.6 Å². The Balaban J connectivity index is 1.96. The molecule has 0 aromatic heterocycles. The summed E-state index contributed by atoms with van der Waals surface area (Å²) in [4.78, 5) is 11.7. The first kappa shape index (κ1) is 10.8. The second-order valence-corrected chi connectivity index (χ2v) is 4.28. The zero-order chi connectivity index (χ0) is 11.5. The average molecular weight is 220 g/mol. The number of esters is 1. The number of carbonyl (C=O) groups excluding carboxylic acids is 1. The van der Waals surface area contributed by atoms with E-state index in [9.17, 15) is 4.79 Å². The number of nitrogen functional groups attached to an aromatic ring is 2. The molecule has 0 heterocycles. The van der Waals surface area contributed by atoms with E-state index in [1.165, 1.54) is 6.42 Å². The highest BCUT2D eigenvalue weighted by molar-refractivity contribution is 5.91. The minimum Gasteiger partial charge on any atom is -0.462 e. The molecule has 0 unspecified atom stereocenters. The van der Waals surface area contributed by atoms with Crippen LogP contribution in [0.2, 0.25) is 0 Å². The van der Waals surface area contributed by atoms with Crippen molar-refractivity contribution in [1.82, 2.24) is 0 Å². The molecule has 0 bridgehead atoms. The minimum atomic E-state index is -0.342. The maximum Gasteiger partial charge on any atom is 0.338 e. The van der Waals surface area contributed by atoms with Gasteiger partial charge in [-0.05, 0) is 37.0 Å². The predicted molar refractivity (Wildman–Crippen MR) is 62.9 cm³/mol. The Morgan fingerprint density at radius 2 is 1.88 bits per heavy atom. The number of ether oxygens (including phenoxy) is 1. The zero-order valence-electron chi connectivity index (χ0n) is 9.11. The van der Waals surface area contributed by atoms with Crippen LogP contribution in [0.25, 0.3) is 0 Å². The van der Waals surface area contributed by atoms with Crippen molar-refractivity contribution in [2.24, 2.45) is 5.92 Å². The van der Waals surface area contributed by atoms with Crippen molar-refractivity contribution in [1.29, 1.82) is 0 Å². The smallest absolute Gasteiger partial charge is 0.338 e. The number of nitrogens with two attached hydrogens (primary N) is 2. The van der Waals surface area contributed by atoms with Crippen molar-refractivity contribution in [3.63, 3.8) is 0 Å². The third-order valence-corrected chi connectivity index (χ3v) is 2.89. The lowest BCUT2D eigenvalue weighted by molar-refractivity contribution is 0.0371. The molecule has 4 N–H and O–H groups in total. The molecule has 1 saturated carbocycles. The van der Waals surface area contributed by atoms with Crippen LogP contribution in [0, 0.1) is 5.92 Å². The lowest BCUT2D eigenvalue weighted by atomic mass is 9.86. The second-order valence-electron chi connectivity index (χ2n) is 4.28. The third-order valence-electron chi connectivity index (χ3n) is 2.89. The summed E-state index contributed by atoms with van der Waals surface area (Å²) in [5, 5.41) is 0. The summed E-state index contributed by atoms with van der Waals surface area (Å²) in [6.07, 6.45) is 3.56. The van der Waals surface area contributed by atoms with Gasteiger partial charge in [0.05, 0.1) is 12.2 Å². The van der Waals surface area contributed by atoms with Gasteiger partial charge in [0.1, 0.15) is 0 Å². The Morgan fingerprint density at radius 3 is 2.38 bits per heavy atom. The molecule has 4 nitrogen and oxygen atoms in total. The maximum absolute atomic E-state index is 11.7. The molecule has 0 aliphatic heterocycles. The molecule has 2 rings (SSSR count). The minimum absolute atomic E-state index is 0.342. The first-order valence-electron chi connectivity index (χ1n) is 5.48. The predicted octanol–water partition coefficient (Wildman–Crippen LogP) is 1.81. The van der Waals surface area contributed by atoms with E-state index in [2.05, 4.69) is 0 Å². The van der Waals surface area contributed by atoms with Crippen LogP contribution in [0.4, 0.5) is 11.4 Å². The summed E-state index contributed by atoms with van der Waals surface area (Å²) in [5.74, 6) is 0.202. The standard InChI is InChI=1S/C12H16N2O2/c13-10-4-9(5-11(14)6-10)12(15)16-7-8-2-1-3-8/h4-6,8H,1-3,7,13-14H2. The molecule has 0 radical (unpaired) electrons. The molecular formula is C12H16N2O2. The van der Waals surface area contributed by atoms with Gasteiger partial charge in [0, 0.05) is 11.4 Å². The molecule has 1 aromatic carbocycles. The number of hydrogen-bond donors (Lipinski definition) is 2. The van der Waals surface area contributed by atoms with Crippen LogP contribution in [-0.2, 0) is 4.74 Å². The summed E-state index contributed by atoms with van der Waals surface area (Å²) in [6, 6.07) is 4.78. The van der Waals surface area contributed by atoms with E-state index in [1.807, 2.05) is 0 Å². The van der Waals surface area contributed by atoms with Crippen molar-refractivity contribution in [2.45, 2.75) is 19.3 Å². The lowest BCUT2D eigenvalue weighted by Gasteiger charge is -2.24. The molecule has 1 fully saturated rings. The molecule has 0 amide bonds. The Bertz CT molecular complexity index is 380. The summed E-state index contributed by atoms with van der Waals surface area (Å²) >= 11 is 0. The molecule has 1 aliphatic carbocycles. The summed E-state index contributed by atoms with van der Waals surface area (Å²) < 4.78 is 5.19. The summed E-state index contributed by atoms with van der Waals surface area (Å²) in [7, 11) is 0. The summed E-state index contributed by atoms with van der Waals surface area (Å²) in [5.41, 5.74) is 12.6. The van der Waals surface area contributed by atoms with E-state index < -0.39 is 0 Å². The van der Waals surface area contributed by atoms with Gasteiger partial charge in [-0.15, -0.1) is 0 Å². The van der Waals surface area contributed by atoms with E-state index >= 15 is 0 Å². The van der Waals surface area contributed by atoms with Crippen LogP contribution < -0.4 is 11.5 Å². The third kappa shape index (κ3) is 2.45. The molecule has 0 spiro atoms. The maximum atomic E-state index is 11.7. The van der Waals surface area contributed by atoms with Gasteiger partial charge >= 0.3 is 5.97 Å². The van der Waals surface area contributed by atoms with E-state index in [1.54, 1.807) is 18.2 Å². The van der Waals surface area contributed by atoms with Gasteiger partial charge in [0.2, 0.25) is 0 Å². The van der Waals surface area contributed by atoms with E-state index in [4.69, 9.17) is 16.2 Å². The topological polar surface area (TPSA) is 78.3 Å². The molecule has 1 aliphatic rings. The van der Waals surface area contributed by atoms with Crippen LogP contribution in [0.1, 0.15) is 29.6 Å². The molecule has 0 saturated heterocycles. The highest BCUT2D eigenvalue weighted by Gasteiger charge is 2.19. The van der Waals surface area contributed by atoms with Crippen molar-refractivity contribution in [3.8, 4) is 0 Å². The number of rotatable bonds is 3. The van der Waals surface area contributed by atoms with Gasteiger partial charge in [0.25, 0.3) is 0 Å². The largest absolute Gasteiger partial charge is 0.462 e. The number of anilines is 2. The molecule has 16 heavy (non-hydrogen) atoms. The quantitative estimate of drug-likeness (QED) is 0.601. The van der Waals surface area contributed by atoms with Crippen LogP contribution in [0.15, 0.2) is 18.2 Å². The van der Waals surface area contributed by atoms with Gasteiger partial charge < -0.3 is 16.2 Å². The molecule has 0 atom stereocenters. The van der Waals surface area contributed by atoms with Gasteiger partial charge in [-0.2, -0.15) is 0 Å². The highest BCUT2D eigenvalue weighted by Crippen LogP contribution is 2.26. The van der Waals surface area contributed by atoms with E-state index in [0.717, 1.165) is 12.8 Å². The van der Waals surface area contributed by atoms with Crippen molar-refractivity contribution >= 4 is 17.3 Å². The normalized spacial score (nSPS) is 15.5. The first-order chi connectivity index (χ1) is 7.65. The molecule has 86 valence electrons. The Kier molecular flexibility index (Phi) is 2.99. The molecular weight excluding hydrogens is 204 g/mol. The van der Waals surface area contributed by atoms with Gasteiger partial charge in [-0.25, -0.2) is 4.79 Å². The van der Waals surface area contributed by atoms with Crippen LogP contribution >= 0.6 is 0 Å². The fourth-order valence-electron chi connectivity index (χ4n) is 1.73. The van der Waals surface area contributed by atoms with Crippen LogP contribution in [0.5, 0.6) is 0 Å². The Labute approximate surface area is 94.6 Å². The van der Waals surface area contributed by atoms with Crippen molar-refractivity contribution in [3.05, 3.63) is 23.8 Å². The van der Waals surface area contributed by atoms with Gasteiger partial charge in [0.15, 0.2) is 0 Å². The van der Waals surface area contributed by atoms with Crippen molar-refractivity contribution < 1.29 is 9.53 Å². The number of carbonyl (C=O) groups is 1. The van der Waals surface area contributed by atoms with E-state index in [-0.39, 0.29) is 5.97 Å². The fourth-order valence-corrected chi connectivity index (χ4v) is 1.73. The fraction of sp³-hybridized carbons (Fsp3) is 0.417. The summed E-state index contributed by atoms with van der Waals surface area (Å²) in [6.45, 7) is 0.507. The number of benzene rings is 1.